The van der Waals surface area contributed by atoms with Crippen LogP contribution in [0.2, 0.25) is 0 Å². The zero-order valence-electron chi connectivity index (χ0n) is 16.9. The molecule has 1 saturated heterocycles. The molecule has 0 radical (unpaired) electrons. The minimum Gasteiger partial charge on any atom is -0.490 e. The summed E-state index contributed by atoms with van der Waals surface area (Å²) in [6.07, 6.45) is 3.15. The van der Waals surface area contributed by atoms with Crippen molar-refractivity contribution in [3.8, 4) is 5.75 Å². The van der Waals surface area contributed by atoms with Gasteiger partial charge < -0.3 is 9.64 Å². The maximum absolute atomic E-state index is 14.3. The van der Waals surface area contributed by atoms with E-state index in [0.717, 1.165) is 30.5 Å². The SMILES string of the molecule is C=CCOc1ccc(CN(C)C(=O)c2ccc(F)c(S(=O)(=O)N3CCCC3)c2)cc1. The van der Waals surface area contributed by atoms with E-state index in [4.69, 9.17) is 4.74 Å². The highest BCUT2D eigenvalue weighted by molar-refractivity contribution is 7.89. The Hall–Kier alpha value is -2.71. The molecule has 1 fully saturated rings. The van der Waals surface area contributed by atoms with Gasteiger partial charge in [0.25, 0.3) is 5.91 Å². The predicted octanol–water partition coefficient (Wildman–Crippen LogP) is 3.45. The lowest BCUT2D eigenvalue weighted by atomic mass is 10.1. The smallest absolute Gasteiger partial charge is 0.253 e. The molecule has 0 atom stereocenters. The molecule has 0 bridgehead atoms. The minimum absolute atomic E-state index is 0.127. The zero-order chi connectivity index (χ0) is 21.7. The number of nitrogens with zero attached hydrogens (tertiary/aromatic N) is 2. The van der Waals surface area contributed by atoms with E-state index in [1.165, 1.54) is 15.3 Å². The van der Waals surface area contributed by atoms with Crippen molar-refractivity contribution in [2.24, 2.45) is 0 Å². The number of carbonyl (C=O) groups is 1. The Morgan fingerprint density at radius 1 is 1.20 bits per heavy atom. The lowest BCUT2D eigenvalue weighted by Crippen LogP contribution is -2.30. The van der Waals surface area contributed by atoms with Gasteiger partial charge in [0.05, 0.1) is 0 Å². The van der Waals surface area contributed by atoms with E-state index in [0.29, 0.717) is 32.0 Å². The summed E-state index contributed by atoms with van der Waals surface area (Å²) in [5.74, 6) is -0.543. The van der Waals surface area contributed by atoms with Crippen molar-refractivity contribution >= 4 is 15.9 Å². The standard InChI is InChI=1S/C22H25FN2O4S/c1-3-14-29-19-9-6-17(7-10-19)16-24(2)22(26)18-8-11-20(23)21(15-18)30(27,28)25-12-4-5-13-25/h3,6-11,15H,1,4-5,12-14,16H2,2H3. The molecule has 1 aliphatic heterocycles. The highest BCUT2D eigenvalue weighted by atomic mass is 32.2. The number of rotatable bonds is 8. The Balaban J connectivity index is 1.75. The van der Waals surface area contributed by atoms with Crippen molar-refractivity contribution in [1.82, 2.24) is 9.21 Å². The molecule has 0 unspecified atom stereocenters. The summed E-state index contributed by atoms with van der Waals surface area (Å²) in [6.45, 7) is 5.05. The summed E-state index contributed by atoms with van der Waals surface area (Å²) in [4.78, 5) is 13.8. The van der Waals surface area contributed by atoms with Crippen LogP contribution in [0.15, 0.2) is 60.0 Å². The maximum Gasteiger partial charge on any atom is 0.253 e. The summed E-state index contributed by atoms with van der Waals surface area (Å²) < 4.78 is 46.5. The molecule has 2 aromatic rings. The summed E-state index contributed by atoms with van der Waals surface area (Å²) in [7, 11) is -2.34. The number of halogens is 1. The number of amides is 1. The highest BCUT2D eigenvalue weighted by Crippen LogP contribution is 2.25. The fourth-order valence-electron chi connectivity index (χ4n) is 3.31. The number of hydrogen-bond acceptors (Lipinski definition) is 4. The molecule has 160 valence electrons. The van der Waals surface area contributed by atoms with Crippen molar-refractivity contribution in [1.29, 1.82) is 0 Å². The van der Waals surface area contributed by atoms with Crippen molar-refractivity contribution in [3.63, 3.8) is 0 Å². The van der Waals surface area contributed by atoms with Crippen LogP contribution in [0, 0.1) is 5.82 Å². The molecule has 1 amide bonds. The molecule has 0 spiro atoms. The van der Waals surface area contributed by atoms with Crippen LogP contribution in [-0.2, 0) is 16.6 Å². The minimum atomic E-state index is -3.96. The van der Waals surface area contributed by atoms with Crippen LogP contribution in [0.1, 0.15) is 28.8 Å². The maximum atomic E-state index is 14.3. The van der Waals surface area contributed by atoms with Crippen LogP contribution >= 0.6 is 0 Å². The number of hydrogen-bond donors (Lipinski definition) is 0. The number of carbonyl (C=O) groups excluding carboxylic acids is 1. The van der Waals surface area contributed by atoms with Crippen molar-refractivity contribution in [2.75, 3.05) is 26.7 Å². The molecule has 2 aromatic carbocycles. The molecule has 0 aliphatic carbocycles. The van der Waals surface area contributed by atoms with E-state index < -0.39 is 20.7 Å². The van der Waals surface area contributed by atoms with Crippen LogP contribution < -0.4 is 4.74 Å². The molecule has 1 aliphatic rings. The Labute approximate surface area is 176 Å². The monoisotopic (exact) mass is 432 g/mol. The summed E-state index contributed by atoms with van der Waals surface area (Å²) in [5.41, 5.74) is 1.01. The van der Waals surface area contributed by atoms with Crippen molar-refractivity contribution in [3.05, 3.63) is 72.1 Å². The zero-order valence-corrected chi connectivity index (χ0v) is 17.7. The van der Waals surface area contributed by atoms with E-state index in [2.05, 4.69) is 6.58 Å². The van der Waals surface area contributed by atoms with Gasteiger partial charge >= 0.3 is 0 Å². The van der Waals surface area contributed by atoms with Gasteiger partial charge in [-0.3, -0.25) is 4.79 Å². The van der Waals surface area contributed by atoms with Gasteiger partial charge in [-0.05, 0) is 48.7 Å². The normalized spacial score (nSPS) is 14.5. The van der Waals surface area contributed by atoms with E-state index >= 15 is 0 Å². The van der Waals surface area contributed by atoms with Crippen molar-refractivity contribution in [2.45, 2.75) is 24.3 Å². The van der Waals surface area contributed by atoms with Crippen LogP contribution in [0.4, 0.5) is 4.39 Å². The molecule has 3 rings (SSSR count). The van der Waals surface area contributed by atoms with Gasteiger partial charge in [-0.2, -0.15) is 4.31 Å². The second kappa shape index (κ2) is 9.40. The topological polar surface area (TPSA) is 66.9 Å². The number of sulfonamides is 1. The van der Waals surface area contributed by atoms with Gasteiger partial charge in [0.1, 0.15) is 23.1 Å². The first-order valence-electron chi connectivity index (χ1n) is 9.70. The van der Waals surface area contributed by atoms with Crippen LogP contribution in [0.5, 0.6) is 5.75 Å². The largest absolute Gasteiger partial charge is 0.490 e. The van der Waals surface area contributed by atoms with Gasteiger partial charge in [0.2, 0.25) is 10.0 Å². The molecule has 0 saturated carbocycles. The number of benzene rings is 2. The van der Waals surface area contributed by atoms with Gasteiger partial charge in [-0.1, -0.05) is 24.8 Å². The molecule has 30 heavy (non-hydrogen) atoms. The molecular formula is C22H25FN2O4S. The molecule has 0 aromatic heterocycles. The lowest BCUT2D eigenvalue weighted by molar-refractivity contribution is 0.0784. The van der Waals surface area contributed by atoms with Crippen LogP contribution in [0.3, 0.4) is 0 Å². The third kappa shape index (κ3) is 4.88. The Morgan fingerprint density at radius 3 is 2.50 bits per heavy atom. The second-order valence-corrected chi connectivity index (χ2v) is 9.07. The first-order chi connectivity index (χ1) is 14.3. The third-order valence-corrected chi connectivity index (χ3v) is 6.83. The van der Waals surface area contributed by atoms with Crippen molar-refractivity contribution < 1.29 is 22.3 Å². The number of ether oxygens (including phenoxy) is 1. The van der Waals surface area contributed by atoms with E-state index in [1.807, 2.05) is 12.1 Å². The second-order valence-electron chi connectivity index (χ2n) is 7.16. The van der Waals surface area contributed by atoms with Crippen LogP contribution in [0.25, 0.3) is 0 Å². The van der Waals surface area contributed by atoms with Gasteiger partial charge in [0.15, 0.2) is 0 Å². The average molecular weight is 433 g/mol. The Bertz CT molecular complexity index is 1020. The van der Waals surface area contributed by atoms with Gasteiger partial charge in [-0.15, -0.1) is 0 Å². The summed E-state index contributed by atoms with van der Waals surface area (Å²) >= 11 is 0. The fourth-order valence-corrected chi connectivity index (χ4v) is 4.92. The average Bonchev–Trinajstić information content (AvgIpc) is 3.29. The lowest BCUT2D eigenvalue weighted by Gasteiger charge is -2.19. The van der Waals surface area contributed by atoms with E-state index in [1.54, 1.807) is 25.3 Å². The third-order valence-electron chi connectivity index (χ3n) is 4.92. The van der Waals surface area contributed by atoms with Gasteiger partial charge in [-0.25, -0.2) is 12.8 Å². The first kappa shape index (κ1) is 22.0. The molecule has 6 nitrogen and oxygen atoms in total. The molecular weight excluding hydrogens is 407 g/mol. The molecule has 0 N–H and O–H groups in total. The summed E-state index contributed by atoms with van der Waals surface area (Å²) in [5, 5.41) is 0. The Morgan fingerprint density at radius 2 is 1.87 bits per heavy atom. The molecule has 8 heteroatoms. The fraction of sp³-hybridized carbons (Fsp3) is 0.318. The Kier molecular flexibility index (Phi) is 6.89. The molecule has 1 heterocycles. The van der Waals surface area contributed by atoms with E-state index in [-0.39, 0.29) is 11.5 Å². The highest BCUT2D eigenvalue weighted by Gasteiger charge is 2.30. The van der Waals surface area contributed by atoms with Gasteiger partial charge in [0, 0.05) is 32.2 Å². The predicted molar refractivity (Wildman–Crippen MR) is 112 cm³/mol. The quantitative estimate of drug-likeness (QED) is 0.600. The summed E-state index contributed by atoms with van der Waals surface area (Å²) in [6, 6.07) is 10.8. The van der Waals surface area contributed by atoms with E-state index in [9.17, 15) is 17.6 Å². The van der Waals surface area contributed by atoms with Crippen LogP contribution in [-0.4, -0.2) is 50.3 Å². The first-order valence-corrected chi connectivity index (χ1v) is 11.1.